The lowest BCUT2D eigenvalue weighted by atomic mass is 9.94. The van der Waals surface area contributed by atoms with Gasteiger partial charge in [0.2, 0.25) is 5.91 Å². The second-order valence-electron chi connectivity index (χ2n) is 5.05. The molecule has 0 bridgehead atoms. The molecule has 0 aliphatic carbocycles. The molecule has 0 rings (SSSR count). The van der Waals surface area contributed by atoms with Crippen LogP contribution in [0.15, 0.2) is 0 Å². The Bertz CT molecular complexity index is 257. The molecule has 0 aliphatic heterocycles. The summed E-state index contributed by atoms with van der Waals surface area (Å²) in [5.74, 6) is 0.814. The van der Waals surface area contributed by atoms with Crippen LogP contribution in [-0.2, 0) is 15.6 Å². The SMILES string of the molecule is CC(C)C[C@H](CN)CC(=O)NCC(C)S(C)=O. The number of carbonyl (C=O) groups is 1. The molecule has 3 N–H and O–H groups in total. The molecule has 0 saturated heterocycles. The van der Waals surface area contributed by atoms with E-state index in [1.54, 1.807) is 6.26 Å². The number of carbonyl (C=O) groups excluding carboxylic acids is 1. The number of rotatable bonds is 8. The maximum atomic E-state index is 11.7. The maximum absolute atomic E-state index is 11.7. The second kappa shape index (κ2) is 8.64. The Kier molecular flexibility index (Phi) is 8.43. The molecule has 0 aromatic rings. The Labute approximate surface area is 107 Å². The van der Waals surface area contributed by atoms with Gasteiger partial charge in [-0.05, 0) is 31.7 Å². The Hall–Kier alpha value is -0.420. The normalized spacial score (nSPS) is 16.6. The lowest BCUT2D eigenvalue weighted by molar-refractivity contribution is -0.122. The van der Waals surface area contributed by atoms with E-state index in [9.17, 15) is 9.00 Å². The average molecular weight is 262 g/mol. The fourth-order valence-electron chi connectivity index (χ4n) is 1.64. The first-order valence-corrected chi connectivity index (χ1v) is 7.77. The van der Waals surface area contributed by atoms with E-state index < -0.39 is 10.8 Å². The zero-order chi connectivity index (χ0) is 13.4. The van der Waals surface area contributed by atoms with Gasteiger partial charge in [0.1, 0.15) is 0 Å². The number of hydrogen-bond donors (Lipinski definition) is 2. The molecule has 1 amide bonds. The minimum absolute atomic E-state index is 0.000347. The first kappa shape index (κ1) is 16.6. The Morgan fingerprint density at radius 2 is 1.94 bits per heavy atom. The monoisotopic (exact) mass is 262 g/mol. The highest BCUT2D eigenvalue weighted by atomic mass is 32.2. The van der Waals surface area contributed by atoms with Crippen molar-refractivity contribution in [2.75, 3.05) is 19.3 Å². The molecule has 0 spiro atoms. The van der Waals surface area contributed by atoms with Gasteiger partial charge < -0.3 is 11.1 Å². The predicted octanol–water partition coefficient (Wildman–Crippen LogP) is 0.881. The number of amides is 1. The molecule has 0 saturated carbocycles. The molecule has 2 unspecified atom stereocenters. The first-order valence-electron chi connectivity index (χ1n) is 6.15. The van der Waals surface area contributed by atoms with E-state index in [0.717, 1.165) is 6.42 Å². The summed E-state index contributed by atoms with van der Waals surface area (Å²) < 4.78 is 11.1. The Morgan fingerprint density at radius 3 is 2.35 bits per heavy atom. The predicted molar refractivity (Wildman–Crippen MR) is 73.2 cm³/mol. The fraction of sp³-hybridized carbons (Fsp3) is 0.917. The molecule has 102 valence electrons. The molecule has 4 nitrogen and oxygen atoms in total. The minimum Gasteiger partial charge on any atom is -0.355 e. The van der Waals surface area contributed by atoms with Crippen LogP contribution in [0.2, 0.25) is 0 Å². The van der Waals surface area contributed by atoms with Crippen molar-refractivity contribution in [3.8, 4) is 0 Å². The summed E-state index contributed by atoms with van der Waals surface area (Å²) >= 11 is 0. The largest absolute Gasteiger partial charge is 0.355 e. The summed E-state index contributed by atoms with van der Waals surface area (Å²) in [6, 6.07) is 0. The highest BCUT2D eigenvalue weighted by Gasteiger charge is 2.15. The van der Waals surface area contributed by atoms with E-state index in [-0.39, 0.29) is 17.1 Å². The lowest BCUT2D eigenvalue weighted by Gasteiger charge is -2.17. The third kappa shape index (κ3) is 8.32. The number of nitrogens with one attached hydrogen (secondary N) is 1. The van der Waals surface area contributed by atoms with Crippen molar-refractivity contribution in [1.29, 1.82) is 0 Å². The van der Waals surface area contributed by atoms with Crippen LogP contribution in [0.3, 0.4) is 0 Å². The number of hydrogen-bond acceptors (Lipinski definition) is 3. The Balaban J connectivity index is 3.94. The van der Waals surface area contributed by atoms with E-state index >= 15 is 0 Å². The third-order valence-electron chi connectivity index (χ3n) is 2.77. The van der Waals surface area contributed by atoms with Gasteiger partial charge >= 0.3 is 0 Å². The Morgan fingerprint density at radius 1 is 1.35 bits per heavy atom. The standard InChI is InChI=1S/C12H26N2O2S/c1-9(2)5-11(7-13)6-12(15)14-8-10(3)17(4)16/h9-11H,5-8,13H2,1-4H3,(H,14,15)/t10?,11-,17?/m0/s1. The zero-order valence-electron chi connectivity index (χ0n) is 11.4. The smallest absolute Gasteiger partial charge is 0.220 e. The van der Waals surface area contributed by atoms with Gasteiger partial charge in [0.15, 0.2) is 0 Å². The van der Waals surface area contributed by atoms with Gasteiger partial charge in [-0.1, -0.05) is 13.8 Å². The van der Waals surface area contributed by atoms with Gasteiger partial charge in [0.05, 0.1) is 0 Å². The summed E-state index contributed by atoms with van der Waals surface area (Å²) in [6.07, 6.45) is 3.09. The van der Waals surface area contributed by atoms with Gasteiger partial charge in [-0.15, -0.1) is 0 Å². The fourth-order valence-corrected chi connectivity index (χ4v) is 1.96. The van der Waals surface area contributed by atoms with Crippen LogP contribution < -0.4 is 11.1 Å². The van der Waals surface area contributed by atoms with Crippen LogP contribution in [0.1, 0.15) is 33.6 Å². The van der Waals surface area contributed by atoms with Crippen molar-refractivity contribution in [1.82, 2.24) is 5.32 Å². The van der Waals surface area contributed by atoms with Crippen LogP contribution in [-0.4, -0.2) is 34.7 Å². The molecule has 0 radical (unpaired) electrons. The van der Waals surface area contributed by atoms with Gasteiger partial charge in [0, 0.05) is 35.3 Å². The summed E-state index contributed by atoms with van der Waals surface area (Å²) in [5, 5.41) is 2.81. The second-order valence-corrected chi connectivity index (χ2v) is 6.85. The first-order chi connectivity index (χ1) is 7.86. The van der Waals surface area contributed by atoms with E-state index in [1.165, 1.54) is 0 Å². The third-order valence-corrected chi connectivity index (χ3v) is 4.07. The summed E-state index contributed by atoms with van der Waals surface area (Å²) in [7, 11) is -0.890. The quantitative estimate of drug-likeness (QED) is 0.682. The molecule has 17 heavy (non-hydrogen) atoms. The van der Waals surface area contributed by atoms with E-state index in [2.05, 4.69) is 19.2 Å². The average Bonchev–Trinajstić information content (AvgIpc) is 2.23. The molecule has 0 heterocycles. The summed E-state index contributed by atoms with van der Waals surface area (Å²) in [5.41, 5.74) is 5.64. The van der Waals surface area contributed by atoms with Crippen molar-refractivity contribution in [3.05, 3.63) is 0 Å². The highest BCUT2D eigenvalue weighted by Crippen LogP contribution is 2.13. The van der Waals surface area contributed by atoms with Crippen molar-refractivity contribution < 1.29 is 9.00 Å². The molecule has 3 atom stereocenters. The lowest BCUT2D eigenvalue weighted by Crippen LogP contribution is -2.34. The van der Waals surface area contributed by atoms with Crippen molar-refractivity contribution >= 4 is 16.7 Å². The van der Waals surface area contributed by atoms with E-state index in [4.69, 9.17) is 5.73 Å². The molecule has 5 heteroatoms. The molecule has 0 fully saturated rings. The van der Waals surface area contributed by atoms with Gasteiger partial charge in [0.25, 0.3) is 0 Å². The molecular weight excluding hydrogens is 236 g/mol. The minimum atomic E-state index is -0.890. The highest BCUT2D eigenvalue weighted by molar-refractivity contribution is 7.84. The van der Waals surface area contributed by atoms with E-state index in [1.807, 2.05) is 6.92 Å². The number of nitrogens with two attached hydrogens (primary N) is 1. The molecule has 0 aromatic heterocycles. The molecular formula is C12H26N2O2S. The molecule has 0 aromatic carbocycles. The van der Waals surface area contributed by atoms with E-state index in [0.29, 0.717) is 25.4 Å². The van der Waals surface area contributed by atoms with Gasteiger partial charge in [-0.2, -0.15) is 0 Å². The summed E-state index contributed by atoms with van der Waals surface area (Å²) in [4.78, 5) is 11.7. The van der Waals surface area contributed by atoms with Crippen LogP contribution in [0.25, 0.3) is 0 Å². The van der Waals surface area contributed by atoms with Crippen LogP contribution in [0.5, 0.6) is 0 Å². The van der Waals surface area contributed by atoms with Crippen LogP contribution in [0, 0.1) is 11.8 Å². The van der Waals surface area contributed by atoms with Crippen molar-refractivity contribution in [2.24, 2.45) is 17.6 Å². The van der Waals surface area contributed by atoms with Crippen LogP contribution in [0.4, 0.5) is 0 Å². The zero-order valence-corrected chi connectivity index (χ0v) is 12.2. The summed E-state index contributed by atoms with van der Waals surface area (Å²) in [6.45, 7) is 7.14. The van der Waals surface area contributed by atoms with Crippen molar-refractivity contribution in [2.45, 2.75) is 38.9 Å². The van der Waals surface area contributed by atoms with Gasteiger partial charge in [-0.25, -0.2) is 0 Å². The van der Waals surface area contributed by atoms with Gasteiger partial charge in [-0.3, -0.25) is 9.00 Å². The maximum Gasteiger partial charge on any atom is 0.220 e. The topological polar surface area (TPSA) is 72.2 Å². The van der Waals surface area contributed by atoms with Crippen LogP contribution >= 0.6 is 0 Å². The van der Waals surface area contributed by atoms with Crippen molar-refractivity contribution in [3.63, 3.8) is 0 Å². The molecule has 0 aliphatic rings.